The van der Waals surface area contributed by atoms with Gasteiger partial charge in [-0.3, -0.25) is 14.5 Å². The molecule has 1 fully saturated rings. The number of benzene rings is 5. The molecular formula is C44H48N2O6. The molecule has 0 unspecified atom stereocenters. The van der Waals surface area contributed by atoms with Crippen molar-refractivity contribution in [1.82, 2.24) is 10.2 Å². The van der Waals surface area contributed by atoms with Crippen molar-refractivity contribution < 1.29 is 28.9 Å². The lowest BCUT2D eigenvalue weighted by atomic mass is 9.89. The van der Waals surface area contributed by atoms with E-state index in [1.165, 1.54) is 23.3 Å². The first-order valence-electron chi connectivity index (χ1n) is 17.9. The van der Waals surface area contributed by atoms with Gasteiger partial charge < -0.3 is 24.6 Å². The molecule has 0 radical (unpaired) electrons. The van der Waals surface area contributed by atoms with Crippen LogP contribution >= 0.6 is 0 Å². The van der Waals surface area contributed by atoms with E-state index < -0.39 is 18.4 Å². The van der Waals surface area contributed by atoms with Crippen LogP contribution in [0.2, 0.25) is 0 Å². The molecular weight excluding hydrogens is 652 g/mol. The third-order valence-corrected chi connectivity index (χ3v) is 10.1. The lowest BCUT2D eigenvalue weighted by Crippen LogP contribution is -2.44. The second-order valence-electron chi connectivity index (χ2n) is 13.8. The van der Waals surface area contributed by atoms with Crippen molar-refractivity contribution in [3.05, 3.63) is 143 Å². The maximum Gasteiger partial charge on any atom is 0.303 e. The molecule has 5 aromatic carbocycles. The van der Waals surface area contributed by atoms with E-state index in [-0.39, 0.29) is 36.7 Å². The zero-order valence-corrected chi connectivity index (χ0v) is 30.5. The van der Waals surface area contributed by atoms with Crippen molar-refractivity contribution in [2.24, 2.45) is 5.92 Å². The Morgan fingerprint density at radius 2 is 1.52 bits per heavy atom. The van der Waals surface area contributed by atoms with Crippen molar-refractivity contribution in [2.45, 2.75) is 71.5 Å². The molecule has 52 heavy (non-hydrogen) atoms. The van der Waals surface area contributed by atoms with Gasteiger partial charge in [0, 0.05) is 37.5 Å². The van der Waals surface area contributed by atoms with Crippen LogP contribution in [0.5, 0.6) is 0 Å². The van der Waals surface area contributed by atoms with Crippen molar-refractivity contribution in [3.8, 4) is 11.1 Å². The van der Waals surface area contributed by atoms with Crippen LogP contribution in [0, 0.1) is 5.92 Å². The number of carbonyl (C=O) groups is 2. The van der Waals surface area contributed by atoms with Gasteiger partial charge in [-0.1, -0.05) is 104 Å². The number of fused-ring (bicyclic) bond motifs is 1. The second-order valence-corrected chi connectivity index (χ2v) is 13.8. The number of aliphatic hydroxyl groups excluding tert-OH is 1. The van der Waals surface area contributed by atoms with Gasteiger partial charge in [0.2, 0.25) is 0 Å². The van der Waals surface area contributed by atoms with Crippen molar-refractivity contribution in [1.29, 1.82) is 0 Å². The molecule has 1 aliphatic heterocycles. The first-order chi connectivity index (χ1) is 25.1. The van der Waals surface area contributed by atoms with Crippen molar-refractivity contribution in [3.63, 3.8) is 0 Å². The summed E-state index contributed by atoms with van der Waals surface area (Å²) in [6.45, 7) is 8.25. The Morgan fingerprint density at radius 1 is 0.808 bits per heavy atom. The molecule has 1 saturated heterocycles. The smallest absolute Gasteiger partial charge is 0.303 e. The Morgan fingerprint density at radius 3 is 2.25 bits per heavy atom. The minimum absolute atomic E-state index is 0.0130. The predicted molar refractivity (Wildman–Crippen MR) is 203 cm³/mol. The van der Waals surface area contributed by atoms with Crippen LogP contribution in [-0.2, 0) is 37.0 Å². The van der Waals surface area contributed by atoms with Gasteiger partial charge in [-0.15, -0.1) is 0 Å². The number of carbonyl (C=O) groups excluding carboxylic acids is 2. The second kappa shape index (κ2) is 16.7. The quantitative estimate of drug-likeness (QED) is 0.127. The third kappa shape index (κ3) is 8.77. The molecule has 1 amide bonds. The number of aliphatic hydroxyl groups is 1. The Kier molecular flexibility index (Phi) is 11.8. The number of amides is 1. The average Bonchev–Trinajstić information content (AvgIpc) is 3.17. The number of hydrogen-bond acceptors (Lipinski definition) is 7. The molecule has 0 spiro atoms. The maximum atomic E-state index is 12.4. The summed E-state index contributed by atoms with van der Waals surface area (Å²) in [6.07, 6.45) is -1.85. The molecule has 1 aliphatic rings. The summed E-state index contributed by atoms with van der Waals surface area (Å²) < 4.78 is 18.6. The molecule has 0 aliphatic carbocycles. The lowest BCUT2D eigenvalue weighted by Gasteiger charge is -2.43. The van der Waals surface area contributed by atoms with Gasteiger partial charge in [-0.05, 0) is 83.2 Å². The fourth-order valence-corrected chi connectivity index (χ4v) is 6.85. The van der Waals surface area contributed by atoms with Gasteiger partial charge in [0.05, 0.1) is 18.8 Å². The van der Waals surface area contributed by atoms with Crippen LogP contribution in [0.4, 0.5) is 0 Å². The van der Waals surface area contributed by atoms with E-state index in [1.54, 1.807) is 6.92 Å². The molecule has 2 N–H and O–H groups in total. The van der Waals surface area contributed by atoms with Crippen LogP contribution in [0.3, 0.4) is 0 Å². The van der Waals surface area contributed by atoms with E-state index in [0.29, 0.717) is 13.1 Å². The summed E-state index contributed by atoms with van der Waals surface area (Å²) in [5.41, 5.74) is 6.96. The minimum Gasteiger partial charge on any atom is -0.453 e. The summed E-state index contributed by atoms with van der Waals surface area (Å²) in [6, 6.07) is 39.5. The molecule has 0 bridgehead atoms. The third-order valence-electron chi connectivity index (χ3n) is 10.1. The van der Waals surface area contributed by atoms with Gasteiger partial charge in [0.15, 0.2) is 12.4 Å². The monoisotopic (exact) mass is 700 g/mol. The Hall–Kier alpha value is -4.86. The molecule has 8 heteroatoms. The van der Waals surface area contributed by atoms with Gasteiger partial charge >= 0.3 is 5.97 Å². The van der Waals surface area contributed by atoms with E-state index in [9.17, 15) is 14.7 Å². The van der Waals surface area contributed by atoms with Crippen LogP contribution in [-0.4, -0.2) is 47.7 Å². The molecule has 6 rings (SSSR count). The molecule has 5 aromatic rings. The van der Waals surface area contributed by atoms with Crippen molar-refractivity contribution in [2.75, 3.05) is 13.6 Å². The zero-order valence-electron chi connectivity index (χ0n) is 30.5. The lowest BCUT2D eigenvalue weighted by molar-refractivity contribution is -0.276. The zero-order chi connectivity index (χ0) is 36.8. The van der Waals surface area contributed by atoms with Gasteiger partial charge in [0.1, 0.15) is 0 Å². The fraction of sp³-hybridized carbons (Fsp3) is 0.318. The van der Waals surface area contributed by atoms with Gasteiger partial charge in [-0.25, -0.2) is 0 Å². The number of nitrogens with zero attached hydrogens (tertiary/aromatic N) is 1. The van der Waals surface area contributed by atoms with Crippen LogP contribution < -0.4 is 5.32 Å². The van der Waals surface area contributed by atoms with Gasteiger partial charge in [0.25, 0.3) is 5.91 Å². The maximum absolute atomic E-state index is 12.4. The SMILES string of the molecule is CC(=O)O[C@@H](C)C(=O)NCc1cccc(-c2cccc([C@H]3O[C@@H](CN(C)[C@H](C)c4ccc5ccccc5c4)[C@@H](C)[C@@H](c4ccc(CO)cc4)O3)c2)c1. The molecule has 270 valence electrons. The van der Waals surface area contributed by atoms with Crippen LogP contribution in [0.15, 0.2) is 115 Å². The number of hydrogen-bond donors (Lipinski definition) is 2. The van der Waals surface area contributed by atoms with Crippen molar-refractivity contribution >= 4 is 22.6 Å². The van der Waals surface area contributed by atoms with Crippen LogP contribution in [0.25, 0.3) is 21.9 Å². The number of rotatable bonds is 12. The van der Waals surface area contributed by atoms with E-state index in [1.807, 2.05) is 60.7 Å². The normalized spacial score (nSPS) is 20.0. The first-order valence-corrected chi connectivity index (χ1v) is 17.9. The van der Waals surface area contributed by atoms with E-state index in [4.69, 9.17) is 14.2 Å². The molecule has 6 atom stereocenters. The topological polar surface area (TPSA) is 97.3 Å². The number of likely N-dealkylation sites (N-methyl/N-ethyl adjacent to an activating group) is 1. The summed E-state index contributed by atoms with van der Waals surface area (Å²) >= 11 is 0. The highest BCUT2D eigenvalue weighted by molar-refractivity contribution is 5.83. The largest absolute Gasteiger partial charge is 0.453 e. The highest BCUT2D eigenvalue weighted by Gasteiger charge is 2.39. The number of ether oxygens (including phenoxy) is 3. The Labute approximate surface area is 306 Å². The molecule has 0 aromatic heterocycles. The standard InChI is InChI=1S/C44H48N2O6/c1-28-41(26-46(5)29(2)36-21-20-34-11-6-7-12-38(34)23-36)51-44(52-42(28)35-18-16-32(27-47)17-19-35)40-15-9-14-39(24-40)37-13-8-10-33(22-37)25-45-43(49)30(3)50-31(4)48/h6-24,28-30,41-42,44,47H,25-27H2,1-5H3,(H,45,49)/t28-,29-,30+,41+,42+,44+/m1/s1. The summed E-state index contributed by atoms with van der Waals surface area (Å²) in [4.78, 5) is 26.0. The minimum atomic E-state index is -0.863. The fourth-order valence-electron chi connectivity index (χ4n) is 6.85. The summed E-state index contributed by atoms with van der Waals surface area (Å²) in [5, 5.41) is 15.0. The van der Waals surface area contributed by atoms with E-state index in [0.717, 1.165) is 33.4 Å². The Balaban J connectivity index is 1.23. The molecule has 0 saturated carbocycles. The molecule has 8 nitrogen and oxygen atoms in total. The van der Waals surface area contributed by atoms with E-state index in [2.05, 4.69) is 85.7 Å². The number of esters is 1. The van der Waals surface area contributed by atoms with E-state index >= 15 is 0 Å². The van der Waals surface area contributed by atoms with Gasteiger partial charge in [-0.2, -0.15) is 0 Å². The molecule has 1 heterocycles. The summed E-state index contributed by atoms with van der Waals surface area (Å²) in [5.74, 6) is -0.804. The highest BCUT2D eigenvalue weighted by Crippen LogP contribution is 2.43. The van der Waals surface area contributed by atoms with Crippen LogP contribution in [0.1, 0.15) is 73.9 Å². The predicted octanol–water partition coefficient (Wildman–Crippen LogP) is 8.05. The first kappa shape index (κ1) is 36.9. The average molecular weight is 701 g/mol. The number of nitrogens with one attached hydrogen (secondary N) is 1. The highest BCUT2D eigenvalue weighted by atomic mass is 16.7. The summed E-state index contributed by atoms with van der Waals surface area (Å²) in [7, 11) is 2.15. The Bertz CT molecular complexity index is 2000.